The third-order valence-corrected chi connectivity index (χ3v) is 2.61. The number of carbonyl (C=O) groups is 1. The van der Waals surface area contributed by atoms with Gasteiger partial charge in [0.25, 0.3) is 0 Å². The Balaban J connectivity index is 0. The first-order valence-corrected chi connectivity index (χ1v) is 7.24. The fraction of sp³-hybridized carbons (Fsp3) is 0.562. The van der Waals surface area contributed by atoms with Crippen molar-refractivity contribution in [3.63, 3.8) is 0 Å². The molecule has 0 saturated heterocycles. The first-order valence-electron chi connectivity index (χ1n) is 7.24. The quantitative estimate of drug-likeness (QED) is 0.176. The predicted molar refractivity (Wildman–Crippen MR) is 86.0 cm³/mol. The van der Waals surface area contributed by atoms with Gasteiger partial charge in [0.15, 0.2) is 0 Å². The van der Waals surface area contributed by atoms with Gasteiger partial charge in [-0.3, -0.25) is 0 Å². The summed E-state index contributed by atoms with van der Waals surface area (Å²) in [5.41, 5.74) is 0.392. The van der Waals surface area contributed by atoms with E-state index in [2.05, 4.69) is 6.07 Å². The van der Waals surface area contributed by atoms with Crippen molar-refractivity contribution in [3.8, 4) is 5.75 Å². The van der Waals surface area contributed by atoms with Crippen molar-refractivity contribution in [2.75, 3.05) is 53.4 Å². The number of hydrogen-bond donors (Lipinski definition) is 0. The van der Waals surface area contributed by atoms with Gasteiger partial charge in [-0.25, -0.2) is 4.79 Å². The average Bonchev–Trinajstić information content (AvgIpc) is 2.54. The van der Waals surface area contributed by atoms with Crippen molar-refractivity contribution in [3.05, 3.63) is 29.8 Å². The van der Waals surface area contributed by atoms with Gasteiger partial charge in [-0.1, -0.05) is 0 Å². The summed E-state index contributed by atoms with van der Waals surface area (Å²) in [4.78, 5) is 11.8. The summed E-state index contributed by atoms with van der Waals surface area (Å²) < 4.78 is 26.0. The molecule has 0 aliphatic heterocycles. The minimum Gasteiger partial charge on any atom is -1.00 e. The van der Waals surface area contributed by atoms with Crippen molar-refractivity contribution in [1.82, 2.24) is 0 Å². The Morgan fingerprint density at radius 3 is 2.33 bits per heavy atom. The normalized spacial score (nSPS) is 9.58. The molecule has 0 amide bonds. The molecule has 0 aromatic heterocycles. The van der Waals surface area contributed by atoms with Gasteiger partial charge in [0.1, 0.15) is 0 Å². The molecule has 8 heteroatoms. The van der Waals surface area contributed by atoms with Crippen LogP contribution in [0.4, 0.5) is 0 Å². The number of esters is 1. The SMILES string of the molecule is CCOC(=O)c1cc[c-]cc1OCCOCCOCCOC.[Br-].[Mg+2]. The van der Waals surface area contributed by atoms with E-state index in [-0.39, 0.29) is 40.0 Å². The number of methoxy groups -OCH3 is 1. The first kappa shape index (κ1) is 25.9. The molecule has 1 aromatic rings. The molecule has 1 aromatic carbocycles. The molecule has 0 spiro atoms. The third kappa shape index (κ3) is 11.2. The van der Waals surface area contributed by atoms with Crippen molar-refractivity contribution in [1.29, 1.82) is 0 Å². The van der Waals surface area contributed by atoms with Crippen LogP contribution >= 0.6 is 0 Å². The van der Waals surface area contributed by atoms with Gasteiger partial charge in [0.05, 0.1) is 46.2 Å². The molecule has 0 aliphatic rings. The second-order valence-corrected chi connectivity index (χ2v) is 4.21. The Hall–Kier alpha value is -0.384. The molecule has 0 saturated carbocycles. The van der Waals surface area contributed by atoms with Crippen LogP contribution in [0.1, 0.15) is 17.3 Å². The van der Waals surface area contributed by atoms with Crippen LogP contribution in [-0.4, -0.2) is 82.4 Å². The zero-order valence-electron chi connectivity index (χ0n) is 14.2. The topological polar surface area (TPSA) is 63.2 Å². The van der Waals surface area contributed by atoms with Gasteiger partial charge in [-0.2, -0.15) is 18.2 Å². The van der Waals surface area contributed by atoms with Crippen LogP contribution in [0, 0.1) is 6.07 Å². The van der Waals surface area contributed by atoms with Crippen molar-refractivity contribution >= 4 is 29.0 Å². The summed E-state index contributed by atoms with van der Waals surface area (Å²) in [5.74, 6) is 0.0415. The summed E-state index contributed by atoms with van der Waals surface area (Å²) in [6.45, 7) is 4.95. The third-order valence-electron chi connectivity index (χ3n) is 2.61. The number of halogens is 1. The summed E-state index contributed by atoms with van der Waals surface area (Å²) in [5, 5.41) is 0. The maximum Gasteiger partial charge on any atom is 2.00 e. The van der Waals surface area contributed by atoms with Crippen LogP contribution in [0.5, 0.6) is 5.75 Å². The average molecular weight is 416 g/mol. The number of benzene rings is 1. The van der Waals surface area contributed by atoms with Crippen LogP contribution in [0.25, 0.3) is 0 Å². The van der Waals surface area contributed by atoms with E-state index >= 15 is 0 Å². The zero-order chi connectivity index (χ0) is 16.0. The molecule has 132 valence electrons. The molecule has 0 heterocycles. The molecule has 0 fully saturated rings. The molecular weight excluding hydrogens is 392 g/mol. The molecular formula is C16H23BrMgO6. The summed E-state index contributed by atoms with van der Waals surface area (Å²) >= 11 is 0. The predicted octanol–water partition coefficient (Wildman–Crippen LogP) is -1.65. The van der Waals surface area contributed by atoms with Gasteiger partial charge < -0.3 is 40.7 Å². The molecule has 0 unspecified atom stereocenters. The first-order chi connectivity index (χ1) is 10.8. The van der Waals surface area contributed by atoms with Crippen LogP contribution in [0.15, 0.2) is 18.2 Å². The van der Waals surface area contributed by atoms with Gasteiger partial charge in [-0.15, -0.1) is 6.07 Å². The second-order valence-electron chi connectivity index (χ2n) is 4.21. The van der Waals surface area contributed by atoms with E-state index in [4.69, 9.17) is 23.7 Å². The van der Waals surface area contributed by atoms with E-state index < -0.39 is 5.97 Å². The Kier molecular flexibility index (Phi) is 18.8. The summed E-state index contributed by atoms with van der Waals surface area (Å²) in [6.07, 6.45) is 0. The van der Waals surface area contributed by atoms with E-state index in [1.54, 1.807) is 32.2 Å². The molecule has 1 rings (SSSR count). The standard InChI is InChI=1S/C16H23O6.BrH.Mg/c1-3-21-16(17)14-6-4-5-7-15(14)22-13-12-20-11-10-19-9-8-18-2;;/h4,6-7H,3,8-13H2,1-2H3;1H;/q-1;;+2/p-1. The van der Waals surface area contributed by atoms with Crippen molar-refractivity contribution < 1.29 is 45.5 Å². The Morgan fingerprint density at radius 2 is 1.71 bits per heavy atom. The zero-order valence-corrected chi connectivity index (χ0v) is 17.2. The van der Waals surface area contributed by atoms with Crippen LogP contribution in [0.2, 0.25) is 0 Å². The fourth-order valence-electron chi connectivity index (χ4n) is 1.59. The van der Waals surface area contributed by atoms with Gasteiger partial charge in [-0.05, 0) is 12.5 Å². The van der Waals surface area contributed by atoms with E-state index in [0.717, 1.165) is 0 Å². The number of carbonyl (C=O) groups excluding carboxylic acids is 1. The summed E-state index contributed by atoms with van der Waals surface area (Å²) in [7, 11) is 1.63. The van der Waals surface area contributed by atoms with E-state index in [1.807, 2.05) is 0 Å². The monoisotopic (exact) mass is 414 g/mol. The molecule has 0 N–H and O–H groups in total. The Labute approximate surface area is 170 Å². The maximum atomic E-state index is 11.8. The van der Waals surface area contributed by atoms with Crippen LogP contribution in [-0.2, 0) is 18.9 Å². The number of hydrogen-bond acceptors (Lipinski definition) is 6. The van der Waals surface area contributed by atoms with Gasteiger partial charge in [0, 0.05) is 12.9 Å². The van der Waals surface area contributed by atoms with Crippen LogP contribution < -0.4 is 21.7 Å². The smallest absolute Gasteiger partial charge is 1.00 e. The molecule has 0 bridgehead atoms. The van der Waals surface area contributed by atoms with E-state index in [0.29, 0.717) is 57.6 Å². The van der Waals surface area contributed by atoms with Crippen molar-refractivity contribution in [2.24, 2.45) is 0 Å². The summed E-state index contributed by atoms with van der Waals surface area (Å²) in [6, 6.07) is 7.75. The van der Waals surface area contributed by atoms with Gasteiger partial charge >= 0.3 is 29.0 Å². The molecule has 0 atom stereocenters. The molecule has 6 nitrogen and oxygen atoms in total. The van der Waals surface area contributed by atoms with E-state index in [9.17, 15) is 4.79 Å². The largest absolute Gasteiger partial charge is 2.00 e. The molecule has 0 radical (unpaired) electrons. The Bertz CT molecular complexity index is 433. The molecule has 24 heavy (non-hydrogen) atoms. The Morgan fingerprint density at radius 1 is 1.08 bits per heavy atom. The van der Waals surface area contributed by atoms with Gasteiger partial charge in [0.2, 0.25) is 0 Å². The second kappa shape index (κ2) is 17.4. The number of rotatable bonds is 12. The number of ether oxygens (including phenoxy) is 5. The minimum absolute atomic E-state index is 0. The minimum atomic E-state index is -0.404. The van der Waals surface area contributed by atoms with Crippen LogP contribution in [0.3, 0.4) is 0 Å². The maximum absolute atomic E-state index is 11.8. The molecule has 0 aliphatic carbocycles. The van der Waals surface area contributed by atoms with E-state index in [1.165, 1.54) is 0 Å². The fourth-order valence-corrected chi connectivity index (χ4v) is 1.59. The van der Waals surface area contributed by atoms with Crippen molar-refractivity contribution in [2.45, 2.75) is 6.92 Å².